The first-order valence-electron chi connectivity index (χ1n) is 4.14. The first-order chi connectivity index (χ1) is 6.45. The fourth-order valence-corrected chi connectivity index (χ4v) is 0.895. The van der Waals surface area contributed by atoms with Gasteiger partial charge in [-0.05, 0) is 7.05 Å². The molecule has 0 saturated carbocycles. The Morgan fingerprint density at radius 3 is 1.79 bits per heavy atom. The van der Waals surface area contributed by atoms with Crippen molar-refractivity contribution in [3.05, 3.63) is 0 Å². The molecule has 0 rings (SSSR count). The summed E-state index contributed by atoms with van der Waals surface area (Å²) in [5, 5.41) is 56.2. The van der Waals surface area contributed by atoms with Crippen LogP contribution in [-0.4, -0.2) is 74.9 Å². The highest BCUT2D eigenvalue weighted by atomic mass is 16.4. The molecular weight excluding hydrogens is 194 g/mol. The molecule has 7 N–H and O–H groups in total. The lowest BCUT2D eigenvalue weighted by Gasteiger charge is -2.28. The molecule has 0 spiro atoms. The van der Waals surface area contributed by atoms with Gasteiger partial charge in [0.05, 0.1) is 6.61 Å². The highest BCUT2D eigenvalue weighted by Crippen LogP contribution is 2.06. The van der Waals surface area contributed by atoms with Crippen LogP contribution >= 0.6 is 0 Å². The van der Waals surface area contributed by atoms with E-state index < -0.39 is 37.3 Å². The standard InChI is InChI=1S/C7H17NO6/c1-8-7(14)6(13)5(12)4(11)3(10)2-9/h3-14H,2H2,1H3. The summed E-state index contributed by atoms with van der Waals surface area (Å²) in [6, 6.07) is 0. The molecule has 0 aromatic carbocycles. The van der Waals surface area contributed by atoms with Crippen molar-refractivity contribution in [1.29, 1.82) is 0 Å². The monoisotopic (exact) mass is 211 g/mol. The molecule has 0 aromatic heterocycles. The number of rotatable bonds is 6. The van der Waals surface area contributed by atoms with Gasteiger partial charge in [-0.3, -0.25) is 5.32 Å². The van der Waals surface area contributed by atoms with Gasteiger partial charge >= 0.3 is 0 Å². The summed E-state index contributed by atoms with van der Waals surface area (Å²) in [6.45, 7) is -0.749. The molecule has 0 radical (unpaired) electrons. The Kier molecular flexibility index (Phi) is 6.12. The molecule has 14 heavy (non-hydrogen) atoms. The van der Waals surface area contributed by atoms with Gasteiger partial charge < -0.3 is 30.6 Å². The number of likely N-dealkylation sites (N-methyl/N-ethyl adjacent to an activating group) is 1. The van der Waals surface area contributed by atoms with Crippen molar-refractivity contribution in [2.45, 2.75) is 30.6 Å². The molecule has 0 fully saturated rings. The summed E-state index contributed by atoms with van der Waals surface area (Å²) in [4.78, 5) is 0. The number of hydrogen-bond donors (Lipinski definition) is 7. The van der Waals surface area contributed by atoms with Crippen LogP contribution in [0.15, 0.2) is 0 Å². The van der Waals surface area contributed by atoms with Crippen LogP contribution in [0.2, 0.25) is 0 Å². The smallest absolute Gasteiger partial charge is 0.133 e. The zero-order chi connectivity index (χ0) is 11.3. The van der Waals surface area contributed by atoms with E-state index in [0.717, 1.165) is 0 Å². The molecule has 7 heteroatoms. The maximum absolute atomic E-state index is 9.22. The summed E-state index contributed by atoms with van der Waals surface area (Å²) in [7, 11) is 1.34. The van der Waals surface area contributed by atoms with Crippen molar-refractivity contribution in [3.8, 4) is 0 Å². The maximum Gasteiger partial charge on any atom is 0.133 e. The number of aliphatic hydroxyl groups excluding tert-OH is 6. The van der Waals surface area contributed by atoms with Gasteiger partial charge in [0.15, 0.2) is 0 Å². The summed E-state index contributed by atoms with van der Waals surface area (Å²) >= 11 is 0. The van der Waals surface area contributed by atoms with Crippen molar-refractivity contribution in [2.24, 2.45) is 0 Å². The van der Waals surface area contributed by atoms with Crippen LogP contribution in [0.1, 0.15) is 0 Å². The Bertz CT molecular complexity index is 141. The van der Waals surface area contributed by atoms with E-state index in [-0.39, 0.29) is 0 Å². The van der Waals surface area contributed by atoms with Gasteiger partial charge in [-0.15, -0.1) is 0 Å². The average molecular weight is 211 g/mol. The average Bonchev–Trinajstić information content (AvgIpc) is 2.23. The summed E-state index contributed by atoms with van der Waals surface area (Å²) < 4.78 is 0. The Morgan fingerprint density at radius 1 is 0.929 bits per heavy atom. The molecule has 5 unspecified atom stereocenters. The Hall–Kier alpha value is -0.280. The molecule has 7 nitrogen and oxygen atoms in total. The normalized spacial score (nSPS) is 22.5. The molecule has 0 heterocycles. The number of hydrogen-bond acceptors (Lipinski definition) is 7. The van der Waals surface area contributed by atoms with Gasteiger partial charge in [0, 0.05) is 0 Å². The minimum absolute atomic E-state index is 0.749. The Balaban J connectivity index is 4.22. The van der Waals surface area contributed by atoms with Crippen LogP contribution in [0.25, 0.3) is 0 Å². The molecule has 0 amide bonds. The van der Waals surface area contributed by atoms with Crippen LogP contribution in [-0.2, 0) is 0 Å². The van der Waals surface area contributed by atoms with E-state index in [0.29, 0.717) is 0 Å². The van der Waals surface area contributed by atoms with Gasteiger partial charge in [-0.1, -0.05) is 0 Å². The van der Waals surface area contributed by atoms with Crippen LogP contribution < -0.4 is 5.32 Å². The minimum Gasteiger partial charge on any atom is -0.394 e. The van der Waals surface area contributed by atoms with Gasteiger partial charge in [0.1, 0.15) is 30.6 Å². The van der Waals surface area contributed by atoms with Crippen molar-refractivity contribution in [3.63, 3.8) is 0 Å². The van der Waals surface area contributed by atoms with E-state index in [1.165, 1.54) is 7.05 Å². The molecule has 86 valence electrons. The highest BCUT2D eigenvalue weighted by molar-refractivity contribution is 4.83. The SMILES string of the molecule is CNC(O)C(O)C(O)C(O)C(O)CO. The van der Waals surface area contributed by atoms with Crippen molar-refractivity contribution < 1.29 is 30.6 Å². The lowest BCUT2D eigenvalue weighted by atomic mass is 10.0. The second kappa shape index (κ2) is 6.25. The van der Waals surface area contributed by atoms with E-state index in [1.807, 2.05) is 0 Å². The number of nitrogens with one attached hydrogen (secondary N) is 1. The minimum atomic E-state index is -1.75. The van der Waals surface area contributed by atoms with E-state index in [9.17, 15) is 10.2 Å². The molecule has 0 saturated heterocycles. The largest absolute Gasteiger partial charge is 0.394 e. The quantitative estimate of drug-likeness (QED) is 0.222. The van der Waals surface area contributed by atoms with Gasteiger partial charge in [-0.25, -0.2) is 0 Å². The Morgan fingerprint density at radius 2 is 1.43 bits per heavy atom. The second-order valence-corrected chi connectivity index (χ2v) is 2.96. The first kappa shape index (κ1) is 13.7. The summed E-state index contributed by atoms with van der Waals surface area (Å²) in [6.07, 6.45) is -8.12. The van der Waals surface area contributed by atoms with Crippen LogP contribution in [0.4, 0.5) is 0 Å². The highest BCUT2D eigenvalue weighted by Gasteiger charge is 2.33. The predicted octanol–water partition coefficient (Wildman–Crippen LogP) is -4.04. The van der Waals surface area contributed by atoms with E-state index in [2.05, 4.69) is 5.32 Å². The van der Waals surface area contributed by atoms with Crippen molar-refractivity contribution in [2.75, 3.05) is 13.7 Å². The third-order valence-corrected chi connectivity index (χ3v) is 1.90. The third-order valence-electron chi connectivity index (χ3n) is 1.90. The van der Waals surface area contributed by atoms with Crippen molar-refractivity contribution in [1.82, 2.24) is 5.32 Å². The molecule has 0 aliphatic rings. The fraction of sp³-hybridized carbons (Fsp3) is 1.00. The summed E-state index contributed by atoms with van der Waals surface area (Å²) in [5.74, 6) is 0. The second-order valence-electron chi connectivity index (χ2n) is 2.96. The van der Waals surface area contributed by atoms with E-state index in [4.69, 9.17) is 20.4 Å². The van der Waals surface area contributed by atoms with Gasteiger partial charge in [0.2, 0.25) is 0 Å². The molecule has 0 aliphatic heterocycles. The maximum atomic E-state index is 9.22. The van der Waals surface area contributed by atoms with Gasteiger partial charge in [0.25, 0.3) is 0 Å². The zero-order valence-electron chi connectivity index (χ0n) is 7.78. The van der Waals surface area contributed by atoms with Crippen LogP contribution in [0.5, 0.6) is 0 Å². The number of aliphatic hydroxyl groups is 6. The van der Waals surface area contributed by atoms with Crippen molar-refractivity contribution >= 4 is 0 Å². The summed E-state index contributed by atoms with van der Waals surface area (Å²) in [5.41, 5.74) is 0. The Labute approximate surface area is 81.2 Å². The van der Waals surface area contributed by atoms with Crippen LogP contribution in [0, 0.1) is 0 Å². The zero-order valence-corrected chi connectivity index (χ0v) is 7.78. The molecular formula is C7H17NO6. The van der Waals surface area contributed by atoms with E-state index in [1.54, 1.807) is 0 Å². The molecule has 0 aliphatic carbocycles. The third kappa shape index (κ3) is 3.46. The first-order valence-corrected chi connectivity index (χ1v) is 4.14. The fourth-order valence-electron chi connectivity index (χ4n) is 0.895. The topological polar surface area (TPSA) is 133 Å². The molecule has 0 aromatic rings. The van der Waals surface area contributed by atoms with E-state index >= 15 is 0 Å². The van der Waals surface area contributed by atoms with Crippen LogP contribution in [0.3, 0.4) is 0 Å². The lowest BCUT2D eigenvalue weighted by Crippen LogP contribution is -2.53. The molecule has 5 atom stereocenters. The van der Waals surface area contributed by atoms with Gasteiger partial charge in [-0.2, -0.15) is 0 Å². The predicted molar refractivity (Wildman–Crippen MR) is 46.2 cm³/mol. The lowest BCUT2D eigenvalue weighted by molar-refractivity contribution is -0.144. The molecule has 0 bridgehead atoms.